The highest BCUT2D eigenvalue weighted by atomic mass is 19.1. The molecule has 1 aliphatic rings. The molecule has 2 aromatic carbocycles. The Labute approximate surface area is 168 Å². The second-order valence-corrected chi connectivity index (χ2v) is 8.24. The molecule has 0 bridgehead atoms. The van der Waals surface area contributed by atoms with Crippen molar-refractivity contribution in [2.75, 3.05) is 23.4 Å². The number of hydrogen-bond acceptors (Lipinski definition) is 3. The first-order valence-corrected chi connectivity index (χ1v) is 9.44. The van der Waals surface area contributed by atoms with E-state index in [4.69, 9.17) is 4.74 Å². The van der Waals surface area contributed by atoms with Crippen molar-refractivity contribution in [1.82, 2.24) is 0 Å². The highest BCUT2D eigenvalue weighted by Gasteiger charge is 2.38. The molecule has 0 saturated carbocycles. The van der Waals surface area contributed by atoms with E-state index in [2.05, 4.69) is 5.32 Å². The molecule has 2 aromatic rings. The quantitative estimate of drug-likeness (QED) is 0.812. The van der Waals surface area contributed by atoms with Gasteiger partial charge in [-0.3, -0.25) is 9.59 Å². The monoisotopic (exact) mass is 402 g/mol. The molecule has 0 unspecified atom stereocenters. The number of rotatable bonds is 4. The molecule has 5 nitrogen and oxygen atoms in total. The van der Waals surface area contributed by atoms with Gasteiger partial charge in [-0.05, 0) is 44.0 Å². The fourth-order valence-corrected chi connectivity index (χ4v) is 3.14. The van der Waals surface area contributed by atoms with Gasteiger partial charge >= 0.3 is 0 Å². The maximum absolute atomic E-state index is 13.9. The molecule has 0 fully saturated rings. The van der Waals surface area contributed by atoms with Crippen molar-refractivity contribution in [3.63, 3.8) is 0 Å². The van der Waals surface area contributed by atoms with Crippen molar-refractivity contribution < 1.29 is 23.1 Å². The van der Waals surface area contributed by atoms with Gasteiger partial charge in [0.1, 0.15) is 24.0 Å². The fourth-order valence-electron chi connectivity index (χ4n) is 3.14. The summed E-state index contributed by atoms with van der Waals surface area (Å²) >= 11 is 0. The van der Waals surface area contributed by atoms with Crippen LogP contribution in [0.25, 0.3) is 0 Å². The van der Waals surface area contributed by atoms with Gasteiger partial charge in [0.25, 0.3) is 5.91 Å². The Morgan fingerprint density at radius 2 is 1.93 bits per heavy atom. The smallest absolute Gasteiger partial charge is 0.258 e. The van der Waals surface area contributed by atoms with Crippen molar-refractivity contribution in [3.8, 4) is 5.75 Å². The summed E-state index contributed by atoms with van der Waals surface area (Å²) in [6, 6.07) is 7.71. The predicted molar refractivity (Wildman–Crippen MR) is 107 cm³/mol. The number of amides is 2. The van der Waals surface area contributed by atoms with E-state index in [1.165, 1.54) is 0 Å². The summed E-state index contributed by atoms with van der Waals surface area (Å²) in [5.74, 6) is -1.72. The third kappa shape index (κ3) is 4.39. The molecule has 0 saturated heterocycles. The standard InChI is InChI=1S/C22H24F2N2O3/c1-13(2)11-26-18-8-6-15(10-19(18)29-12-22(3,4)21(26)28)25-20(27)16-7-5-14(23)9-17(16)24/h5-10,13H,11-12H2,1-4H3,(H,25,27). The van der Waals surface area contributed by atoms with E-state index in [1.807, 2.05) is 27.7 Å². The van der Waals surface area contributed by atoms with Crippen LogP contribution >= 0.6 is 0 Å². The first-order chi connectivity index (χ1) is 13.6. The topological polar surface area (TPSA) is 58.6 Å². The number of nitrogens with zero attached hydrogens (tertiary/aromatic N) is 1. The molecular weight excluding hydrogens is 378 g/mol. The Morgan fingerprint density at radius 3 is 2.59 bits per heavy atom. The maximum Gasteiger partial charge on any atom is 0.258 e. The summed E-state index contributed by atoms with van der Waals surface area (Å²) in [5, 5.41) is 2.59. The first-order valence-electron chi connectivity index (χ1n) is 9.44. The lowest BCUT2D eigenvalue weighted by molar-refractivity contribution is -0.127. The summed E-state index contributed by atoms with van der Waals surface area (Å²) in [6.07, 6.45) is 0. The predicted octanol–water partition coefficient (Wildman–Crippen LogP) is 4.62. The summed E-state index contributed by atoms with van der Waals surface area (Å²) in [7, 11) is 0. The van der Waals surface area contributed by atoms with Gasteiger partial charge in [-0.1, -0.05) is 13.8 Å². The number of carbonyl (C=O) groups is 2. The van der Waals surface area contributed by atoms with Gasteiger partial charge < -0.3 is 15.0 Å². The Bertz CT molecular complexity index is 957. The van der Waals surface area contributed by atoms with E-state index in [-0.39, 0.29) is 24.0 Å². The molecule has 29 heavy (non-hydrogen) atoms. The Balaban J connectivity index is 1.91. The number of carbonyl (C=O) groups excluding carboxylic acids is 2. The normalized spacial score (nSPS) is 15.6. The van der Waals surface area contributed by atoms with Crippen LogP contribution in [-0.4, -0.2) is 25.0 Å². The van der Waals surface area contributed by atoms with E-state index in [0.717, 1.165) is 12.1 Å². The lowest BCUT2D eigenvalue weighted by Crippen LogP contribution is -2.43. The highest BCUT2D eigenvalue weighted by Crippen LogP contribution is 2.38. The Hall–Kier alpha value is -2.96. The fraction of sp³-hybridized carbons (Fsp3) is 0.364. The van der Waals surface area contributed by atoms with Crippen LogP contribution in [0.3, 0.4) is 0 Å². The lowest BCUT2D eigenvalue weighted by atomic mass is 9.92. The number of hydrogen-bond donors (Lipinski definition) is 1. The minimum Gasteiger partial charge on any atom is -0.490 e. The SMILES string of the molecule is CC(C)CN1C(=O)C(C)(C)COc2cc(NC(=O)c3ccc(F)cc3F)ccc21. The second-order valence-electron chi connectivity index (χ2n) is 8.24. The number of fused-ring (bicyclic) bond motifs is 1. The molecule has 7 heteroatoms. The Morgan fingerprint density at radius 1 is 1.21 bits per heavy atom. The average molecular weight is 402 g/mol. The second kappa shape index (κ2) is 7.81. The zero-order valence-corrected chi connectivity index (χ0v) is 16.9. The highest BCUT2D eigenvalue weighted by molar-refractivity contribution is 6.05. The molecule has 1 N–H and O–H groups in total. The van der Waals surface area contributed by atoms with Crippen LogP contribution in [0, 0.1) is 23.0 Å². The van der Waals surface area contributed by atoms with Gasteiger partial charge in [0.15, 0.2) is 0 Å². The minimum atomic E-state index is -0.941. The van der Waals surface area contributed by atoms with E-state index in [1.54, 1.807) is 23.1 Å². The molecule has 1 aliphatic heterocycles. The molecule has 154 valence electrons. The number of benzene rings is 2. The molecule has 0 atom stereocenters. The van der Waals surface area contributed by atoms with Gasteiger partial charge in [-0.15, -0.1) is 0 Å². The van der Waals surface area contributed by atoms with Crippen LogP contribution in [0.4, 0.5) is 20.2 Å². The van der Waals surface area contributed by atoms with E-state index in [0.29, 0.717) is 29.7 Å². The van der Waals surface area contributed by atoms with Gasteiger partial charge in [0.05, 0.1) is 16.7 Å². The lowest BCUT2D eigenvalue weighted by Gasteiger charge is -2.29. The van der Waals surface area contributed by atoms with Crippen LogP contribution in [0.5, 0.6) is 5.75 Å². The van der Waals surface area contributed by atoms with Crippen molar-refractivity contribution >= 4 is 23.2 Å². The molecule has 2 amide bonds. The number of anilines is 2. The largest absolute Gasteiger partial charge is 0.490 e. The summed E-state index contributed by atoms with van der Waals surface area (Å²) in [4.78, 5) is 27.1. The molecule has 0 aromatic heterocycles. The summed E-state index contributed by atoms with van der Waals surface area (Å²) < 4.78 is 32.8. The number of nitrogens with one attached hydrogen (secondary N) is 1. The zero-order chi connectivity index (χ0) is 21.3. The molecule has 3 rings (SSSR count). The van der Waals surface area contributed by atoms with Gasteiger partial charge in [0, 0.05) is 24.4 Å². The van der Waals surface area contributed by atoms with Gasteiger partial charge in [-0.25, -0.2) is 8.78 Å². The van der Waals surface area contributed by atoms with Gasteiger partial charge in [-0.2, -0.15) is 0 Å². The van der Waals surface area contributed by atoms with Gasteiger partial charge in [0.2, 0.25) is 5.91 Å². The van der Waals surface area contributed by atoms with Crippen LogP contribution in [0.2, 0.25) is 0 Å². The minimum absolute atomic E-state index is 0.0323. The van der Waals surface area contributed by atoms with Crippen molar-refractivity contribution in [2.24, 2.45) is 11.3 Å². The third-order valence-electron chi connectivity index (χ3n) is 4.64. The van der Waals surface area contributed by atoms with Crippen molar-refractivity contribution in [3.05, 3.63) is 53.6 Å². The number of halogens is 2. The average Bonchev–Trinajstić information content (AvgIpc) is 2.71. The summed E-state index contributed by atoms with van der Waals surface area (Å²) in [5.41, 5.74) is 0.0449. The zero-order valence-electron chi connectivity index (χ0n) is 16.9. The van der Waals surface area contributed by atoms with E-state index >= 15 is 0 Å². The van der Waals surface area contributed by atoms with Crippen LogP contribution in [0.15, 0.2) is 36.4 Å². The molecule has 1 heterocycles. The molecule has 0 radical (unpaired) electrons. The molecule has 0 spiro atoms. The van der Waals surface area contributed by atoms with E-state index < -0.39 is 23.0 Å². The summed E-state index contributed by atoms with van der Waals surface area (Å²) in [6.45, 7) is 8.43. The number of ether oxygens (including phenoxy) is 1. The maximum atomic E-state index is 13.9. The van der Waals surface area contributed by atoms with E-state index in [9.17, 15) is 18.4 Å². The van der Waals surface area contributed by atoms with Crippen LogP contribution in [-0.2, 0) is 4.79 Å². The molecular formula is C22H24F2N2O3. The molecule has 0 aliphatic carbocycles. The third-order valence-corrected chi connectivity index (χ3v) is 4.64. The van der Waals surface area contributed by atoms with Crippen molar-refractivity contribution in [1.29, 1.82) is 0 Å². The Kier molecular flexibility index (Phi) is 5.59. The van der Waals surface area contributed by atoms with Crippen LogP contribution in [0.1, 0.15) is 38.1 Å². The van der Waals surface area contributed by atoms with Crippen LogP contribution < -0.4 is 15.0 Å². The first kappa shape index (κ1) is 20.8. The van der Waals surface area contributed by atoms with Crippen molar-refractivity contribution in [2.45, 2.75) is 27.7 Å².